The smallest absolute Gasteiger partial charge is 0.243 e. The molecule has 0 bridgehead atoms. The summed E-state index contributed by atoms with van der Waals surface area (Å²) in [4.78, 5) is 31.8. The van der Waals surface area contributed by atoms with E-state index in [9.17, 15) is 14.0 Å². The van der Waals surface area contributed by atoms with Crippen molar-refractivity contribution in [3.8, 4) is 0 Å². The quantitative estimate of drug-likeness (QED) is 0.560. The van der Waals surface area contributed by atoms with E-state index in [0.717, 1.165) is 11.1 Å². The molecule has 2 aromatic carbocycles. The van der Waals surface area contributed by atoms with E-state index in [2.05, 4.69) is 46.5 Å². The molecule has 0 aliphatic carbocycles. The van der Waals surface area contributed by atoms with Crippen molar-refractivity contribution >= 4 is 11.8 Å². The Labute approximate surface area is 198 Å². The van der Waals surface area contributed by atoms with Crippen LogP contribution in [0.2, 0.25) is 0 Å². The van der Waals surface area contributed by atoms with Gasteiger partial charge in [0.1, 0.15) is 23.9 Å². The van der Waals surface area contributed by atoms with Crippen LogP contribution in [0, 0.1) is 6.92 Å². The molecule has 0 unspecified atom stereocenters. The molecule has 2 heterocycles. The summed E-state index contributed by atoms with van der Waals surface area (Å²) in [5, 5.41) is 9.71. The van der Waals surface area contributed by atoms with Gasteiger partial charge in [-0.05, 0) is 29.5 Å². The zero-order valence-corrected chi connectivity index (χ0v) is 19.7. The lowest BCUT2D eigenvalue weighted by molar-refractivity contribution is -0.138. The first-order chi connectivity index (χ1) is 16.3. The average Bonchev–Trinajstić information content (AvgIpc) is 3.43. The van der Waals surface area contributed by atoms with Crippen molar-refractivity contribution < 1.29 is 14.0 Å². The topological polar surface area (TPSA) is 91.0 Å². The number of benzene rings is 2. The molecule has 2 N–H and O–H groups in total. The van der Waals surface area contributed by atoms with Crippen molar-refractivity contribution in [1.29, 1.82) is 0 Å². The van der Waals surface area contributed by atoms with Crippen LogP contribution in [0.1, 0.15) is 60.6 Å². The summed E-state index contributed by atoms with van der Waals surface area (Å²) in [7, 11) is 0. The maximum Gasteiger partial charge on any atom is 0.243 e. The van der Waals surface area contributed by atoms with Crippen LogP contribution in [0.15, 0.2) is 54.6 Å². The number of carbonyl (C=O) groups excluding carboxylic acids is 2. The summed E-state index contributed by atoms with van der Waals surface area (Å²) in [6, 6.07) is 16.5. The Morgan fingerprint density at radius 2 is 1.74 bits per heavy atom. The molecule has 1 aromatic heterocycles. The van der Waals surface area contributed by atoms with E-state index >= 15 is 0 Å². The first-order valence-corrected chi connectivity index (χ1v) is 11.6. The van der Waals surface area contributed by atoms with Gasteiger partial charge >= 0.3 is 0 Å². The molecule has 1 aliphatic rings. The molecule has 4 rings (SSSR count). The van der Waals surface area contributed by atoms with Crippen LogP contribution in [-0.2, 0) is 16.0 Å². The number of likely N-dealkylation sites (tertiary alicyclic amines) is 1. The molecule has 1 fully saturated rings. The molecule has 0 radical (unpaired) electrons. The number of alkyl halides is 1. The van der Waals surface area contributed by atoms with E-state index in [1.54, 1.807) is 6.92 Å². The predicted molar refractivity (Wildman–Crippen MR) is 127 cm³/mol. The Kier molecular flexibility index (Phi) is 7.05. The van der Waals surface area contributed by atoms with Crippen LogP contribution in [0.3, 0.4) is 0 Å². The van der Waals surface area contributed by atoms with Gasteiger partial charge in [-0.15, -0.1) is 0 Å². The first kappa shape index (κ1) is 23.6. The van der Waals surface area contributed by atoms with Crippen molar-refractivity contribution in [2.24, 2.45) is 0 Å². The van der Waals surface area contributed by atoms with Gasteiger partial charge in [-0.25, -0.2) is 9.37 Å². The molecule has 1 aliphatic heterocycles. The van der Waals surface area contributed by atoms with Crippen LogP contribution in [-0.4, -0.2) is 50.7 Å². The highest BCUT2D eigenvalue weighted by Crippen LogP contribution is 2.27. The van der Waals surface area contributed by atoms with Gasteiger partial charge in [-0.3, -0.25) is 14.7 Å². The SMILES string of the molecule is Cc1n[nH]c(CC(=O)N2C[C@H](F)C[C@H]2C(=O)N[C@@H](c2ccccc2)c2ccc(C(C)C)cc2)n1. The van der Waals surface area contributed by atoms with Gasteiger partial charge in [0.25, 0.3) is 0 Å². The molecule has 3 aromatic rings. The van der Waals surface area contributed by atoms with Crippen molar-refractivity contribution in [2.75, 3.05) is 6.54 Å². The number of H-pyrrole nitrogens is 1. The third kappa shape index (κ3) is 5.32. The summed E-state index contributed by atoms with van der Waals surface area (Å²) in [5.41, 5.74) is 3.05. The number of amides is 2. The number of aromatic amines is 1. The van der Waals surface area contributed by atoms with E-state index in [1.807, 2.05) is 42.5 Å². The molecule has 0 saturated carbocycles. The molecule has 178 valence electrons. The normalized spacial score (nSPS) is 18.8. The molecule has 1 saturated heterocycles. The first-order valence-electron chi connectivity index (χ1n) is 11.6. The molecule has 2 amide bonds. The Hall–Kier alpha value is -3.55. The largest absolute Gasteiger partial charge is 0.343 e. The highest BCUT2D eigenvalue weighted by molar-refractivity contribution is 5.89. The summed E-state index contributed by atoms with van der Waals surface area (Å²) in [5.74, 6) is 0.594. The number of hydrogen-bond donors (Lipinski definition) is 2. The zero-order chi connectivity index (χ0) is 24.2. The predicted octanol–water partition coefficient (Wildman–Crippen LogP) is 3.62. The van der Waals surface area contributed by atoms with Crippen LogP contribution in [0.25, 0.3) is 0 Å². The lowest BCUT2D eigenvalue weighted by atomic mass is 9.95. The van der Waals surface area contributed by atoms with Crippen molar-refractivity contribution in [3.05, 3.63) is 82.9 Å². The average molecular weight is 464 g/mol. The van der Waals surface area contributed by atoms with Gasteiger partial charge in [-0.1, -0.05) is 68.4 Å². The minimum absolute atomic E-state index is 0.0270. The van der Waals surface area contributed by atoms with Crippen LogP contribution in [0.4, 0.5) is 4.39 Å². The fourth-order valence-corrected chi connectivity index (χ4v) is 4.34. The molecular formula is C26H30FN5O2. The number of aromatic nitrogens is 3. The number of nitrogens with zero attached hydrogens (tertiary/aromatic N) is 3. The number of aryl methyl sites for hydroxylation is 1. The van der Waals surface area contributed by atoms with Gasteiger partial charge in [-0.2, -0.15) is 5.10 Å². The van der Waals surface area contributed by atoms with Crippen LogP contribution >= 0.6 is 0 Å². The molecule has 8 heteroatoms. The number of halogens is 1. The Bertz CT molecular complexity index is 1130. The standard InChI is InChI=1S/C26H30FN5O2/c1-16(2)18-9-11-20(12-10-18)25(19-7-5-4-6-8-19)29-26(34)22-13-21(27)15-32(22)24(33)14-23-28-17(3)30-31-23/h4-12,16,21-22,25H,13-15H2,1-3H3,(H,29,34)(H,28,30,31)/t21-,22+,25+/m1/s1. The van der Waals surface area contributed by atoms with Gasteiger partial charge in [0, 0.05) is 6.42 Å². The molecule has 3 atom stereocenters. The van der Waals surface area contributed by atoms with Crippen molar-refractivity contribution in [3.63, 3.8) is 0 Å². The fraction of sp³-hybridized carbons (Fsp3) is 0.385. The number of nitrogens with one attached hydrogen (secondary N) is 2. The lowest BCUT2D eigenvalue weighted by Crippen LogP contribution is -2.47. The van der Waals surface area contributed by atoms with Crippen molar-refractivity contribution in [1.82, 2.24) is 25.4 Å². The maximum atomic E-state index is 14.4. The molecule has 7 nitrogen and oxygen atoms in total. The third-order valence-electron chi connectivity index (χ3n) is 6.19. The second-order valence-corrected chi connectivity index (χ2v) is 9.07. The van der Waals surface area contributed by atoms with Crippen LogP contribution < -0.4 is 5.32 Å². The minimum atomic E-state index is -1.25. The number of rotatable bonds is 7. The summed E-state index contributed by atoms with van der Waals surface area (Å²) >= 11 is 0. The Morgan fingerprint density at radius 3 is 2.35 bits per heavy atom. The van der Waals surface area contributed by atoms with E-state index in [1.165, 1.54) is 10.5 Å². The Morgan fingerprint density at radius 1 is 1.09 bits per heavy atom. The van der Waals surface area contributed by atoms with E-state index in [0.29, 0.717) is 17.6 Å². The van der Waals surface area contributed by atoms with Gasteiger partial charge in [0.15, 0.2) is 0 Å². The number of carbonyl (C=O) groups is 2. The molecule has 0 spiro atoms. The highest BCUT2D eigenvalue weighted by Gasteiger charge is 2.40. The lowest BCUT2D eigenvalue weighted by Gasteiger charge is -2.27. The van der Waals surface area contributed by atoms with Gasteiger partial charge in [0.2, 0.25) is 11.8 Å². The zero-order valence-electron chi connectivity index (χ0n) is 19.7. The van der Waals surface area contributed by atoms with E-state index < -0.39 is 18.3 Å². The minimum Gasteiger partial charge on any atom is -0.343 e. The number of hydrogen-bond acceptors (Lipinski definition) is 4. The van der Waals surface area contributed by atoms with Gasteiger partial charge in [0.05, 0.1) is 19.0 Å². The summed E-state index contributed by atoms with van der Waals surface area (Å²) < 4.78 is 14.4. The van der Waals surface area contributed by atoms with E-state index in [4.69, 9.17) is 0 Å². The summed E-state index contributed by atoms with van der Waals surface area (Å²) in [6.07, 6.45) is -1.34. The maximum absolute atomic E-state index is 14.4. The van der Waals surface area contributed by atoms with Gasteiger partial charge < -0.3 is 10.2 Å². The Balaban J connectivity index is 1.55. The molecular weight excluding hydrogens is 433 g/mol. The van der Waals surface area contributed by atoms with Crippen LogP contribution in [0.5, 0.6) is 0 Å². The van der Waals surface area contributed by atoms with E-state index in [-0.39, 0.29) is 31.2 Å². The second kappa shape index (κ2) is 10.2. The fourth-order valence-electron chi connectivity index (χ4n) is 4.34. The summed E-state index contributed by atoms with van der Waals surface area (Å²) in [6.45, 7) is 5.87. The van der Waals surface area contributed by atoms with Crippen molar-refractivity contribution in [2.45, 2.75) is 57.8 Å². The second-order valence-electron chi connectivity index (χ2n) is 9.07. The molecule has 34 heavy (non-hydrogen) atoms. The monoisotopic (exact) mass is 463 g/mol. The third-order valence-corrected chi connectivity index (χ3v) is 6.19. The highest BCUT2D eigenvalue weighted by atomic mass is 19.1.